The van der Waals surface area contributed by atoms with Crippen LogP contribution in [0.5, 0.6) is 0 Å². The predicted molar refractivity (Wildman–Crippen MR) is 155 cm³/mol. The minimum absolute atomic E-state index is 0.0279. The van der Waals surface area contributed by atoms with Gasteiger partial charge in [-0.25, -0.2) is 21.1 Å². The van der Waals surface area contributed by atoms with Crippen LogP contribution in [-0.4, -0.2) is 85.1 Å². The molecule has 2 aromatic carbocycles. The molecule has 0 spiro atoms. The van der Waals surface area contributed by atoms with E-state index in [0.29, 0.717) is 22.7 Å². The number of benzene rings is 2. The van der Waals surface area contributed by atoms with Crippen LogP contribution in [0.25, 0.3) is 0 Å². The molecule has 1 unspecified atom stereocenters. The quantitative estimate of drug-likeness (QED) is 0.459. The van der Waals surface area contributed by atoms with Crippen molar-refractivity contribution >= 4 is 25.5 Å². The lowest BCUT2D eigenvalue weighted by molar-refractivity contribution is -0.0720. The van der Waals surface area contributed by atoms with Crippen molar-refractivity contribution in [2.45, 2.75) is 60.9 Å². The van der Waals surface area contributed by atoms with E-state index in [1.807, 2.05) is 0 Å². The minimum atomic E-state index is -3.86. The third kappa shape index (κ3) is 6.37. The highest BCUT2D eigenvalue weighted by molar-refractivity contribution is 7.91. The van der Waals surface area contributed by atoms with Gasteiger partial charge in [-0.05, 0) is 75.4 Å². The first kappa shape index (κ1) is 30.5. The third-order valence-electron chi connectivity index (χ3n) is 7.96. The maximum atomic E-state index is 13.7. The van der Waals surface area contributed by atoms with Crippen molar-refractivity contribution < 1.29 is 21.6 Å². The Morgan fingerprint density at radius 1 is 0.975 bits per heavy atom. The molecule has 0 bridgehead atoms. The van der Waals surface area contributed by atoms with Crippen LogP contribution in [0.3, 0.4) is 0 Å². The summed E-state index contributed by atoms with van der Waals surface area (Å²) < 4.78 is 59.3. The summed E-state index contributed by atoms with van der Waals surface area (Å²) in [5.41, 5.74) is 1.72. The molecule has 2 fully saturated rings. The Kier molecular flexibility index (Phi) is 9.27. The highest BCUT2D eigenvalue weighted by Crippen LogP contribution is 2.38. The van der Waals surface area contributed by atoms with Crippen molar-refractivity contribution in [3.8, 4) is 6.07 Å². The highest BCUT2D eigenvalue weighted by atomic mass is 32.2. The molecular formula is C29H40N4O5S2. The van der Waals surface area contributed by atoms with Crippen LogP contribution in [0.1, 0.15) is 50.0 Å². The van der Waals surface area contributed by atoms with E-state index in [0.717, 1.165) is 49.9 Å². The standard InChI is InChI=1S/C29H40N4O5S2/c1-21-18-32(19-22(2)38-21)20-24-13-15-33(16-14-24)29-25(17-30)7-6-8-28(29)23(3)39(34,35)26-9-11-27(12-10-26)40(36,37)31(4)5/h6-12,21-24H,13-16,18-20H2,1-5H3/t21-,22+,23?. The monoisotopic (exact) mass is 588 g/mol. The maximum absolute atomic E-state index is 13.7. The second kappa shape index (κ2) is 12.2. The normalized spacial score (nSPS) is 22.3. The average Bonchev–Trinajstić information content (AvgIpc) is 2.92. The molecule has 218 valence electrons. The predicted octanol–water partition coefficient (Wildman–Crippen LogP) is 3.67. The topological polar surface area (TPSA) is 111 Å². The van der Waals surface area contributed by atoms with Crippen molar-refractivity contribution in [2.24, 2.45) is 5.92 Å². The molecule has 2 heterocycles. The Morgan fingerprint density at radius 3 is 2.10 bits per heavy atom. The average molecular weight is 589 g/mol. The molecule has 11 heteroatoms. The van der Waals surface area contributed by atoms with Gasteiger partial charge < -0.3 is 9.64 Å². The zero-order valence-corrected chi connectivity index (χ0v) is 25.6. The molecule has 0 aliphatic carbocycles. The molecule has 0 saturated carbocycles. The molecule has 2 aliphatic heterocycles. The number of para-hydroxylation sites is 1. The van der Waals surface area contributed by atoms with Gasteiger partial charge >= 0.3 is 0 Å². The Balaban J connectivity index is 1.54. The lowest BCUT2D eigenvalue weighted by Gasteiger charge is -2.40. The largest absolute Gasteiger partial charge is 0.373 e. The van der Waals surface area contributed by atoms with Gasteiger partial charge in [-0.2, -0.15) is 5.26 Å². The van der Waals surface area contributed by atoms with Gasteiger partial charge in [-0.3, -0.25) is 4.90 Å². The van der Waals surface area contributed by atoms with Gasteiger partial charge in [-0.15, -0.1) is 0 Å². The second-order valence-electron chi connectivity index (χ2n) is 11.2. The number of sulfone groups is 1. The lowest BCUT2D eigenvalue weighted by Crippen LogP contribution is -2.48. The van der Waals surface area contributed by atoms with Crippen molar-refractivity contribution in [2.75, 3.05) is 51.7 Å². The van der Waals surface area contributed by atoms with Crippen LogP contribution in [0.4, 0.5) is 5.69 Å². The first-order chi connectivity index (χ1) is 18.8. The zero-order chi connectivity index (χ0) is 29.2. The van der Waals surface area contributed by atoms with Gasteiger partial charge in [0.15, 0.2) is 9.84 Å². The molecular weight excluding hydrogens is 548 g/mol. The van der Waals surface area contributed by atoms with E-state index >= 15 is 0 Å². The number of anilines is 1. The van der Waals surface area contributed by atoms with E-state index in [9.17, 15) is 22.1 Å². The van der Waals surface area contributed by atoms with E-state index in [4.69, 9.17) is 4.74 Å². The number of piperidine rings is 1. The second-order valence-corrected chi connectivity index (χ2v) is 15.6. The summed E-state index contributed by atoms with van der Waals surface area (Å²) in [6.45, 7) is 10.2. The minimum Gasteiger partial charge on any atom is -0.373 e. The van der Waals surface area contributed by atoms with Crippen LogP contribution in [0.2, 0.25) is 0 Å². The summed E-state index contributed by atoms with van der Waals surface area (Å²) >= 11 is 0. The van der Waals surface area contributed by atoms with E-state index in [2.05, 4.69) is 29.7 Å². The van der Waals surface area contributed by atoms with E-state index < -0.39 is 25.1 Å². The van der Waals surface area contributed by atoms with Gasteiger partial charge in [-0.1, -0.05) is 12.1 Å². The van der Waals surface area contributed by atoms with E-state index in [1.165, 1.54) is 38.4 Å². The molecule has 0 aromatic heterocycles. The molecule has 2 aliphatic rings. The van der Waals surface area contributed by atoms with Gasteiger partial charge in [0, 0.05) is 46.8 Å². The van der Waals surface area contributed by atoms with Crippen molar-refractivity contribution in [1.29, 1.82) is 5.26 Å². The number of nitrogens with zero attached hydrogens (tertiary/aromatic N) is 4. The number of sulfonamides is 1. The summed E-state index contributed by atoms with van der Waals surface area (Å²) in [5, 5.41) is 9.01. The number of ether oxygens (including phenoxy) is 1. The Morgan fingerprint density at radius 2 is 1.55 bits per heavy atom. The molecule has 2 saturated heterocycles. The number of morpholine rings is 1. The van der Waals surface area contributed by atoms with Crippen LogP contribution in [0, 0.1) is 17.2 Å². The molecule has 3 atom stereocenters. The molecule has 0 amide bonds. The molecule has 0 N–H and O–H groups in total. The summed E-state index contributed by atoms with van der Waals surface area (Å²) in [5.74, 6) is 0.532. The molecule has 2 aromatic rings. The van der Waals surface area contributed by atoms with E-state index in [1.54, 1.807) is 25.1 Å². The SMILES string of the molecule is CC(c1cccc(C#N)c1N1CCC(CN2C[C@@H](C)O[C@@H](C)C2)CC1)S(=O)(=O)c1ccc(S(=O)(=O)N(C)C)cc1. The molecule has 40 heavy (non-hydrogen) atoms. The van der Waals surface area contributed by atoms with Crippen LogP contribution in [0.15, 0.2) is 52.3 Å². The lowest BCUT2D eigenvalue weighted by atomic mass is 9.93. The number of rotatable bonds is 8. The molecule has 0 radical (unpaired) electrons. The van der Waals surface area contributed by atoms with Gasteiger partial charge in [0.2, 0.25) is 10.0 Å². The third-order valence-corrected chi connectivity index (χ3v) is 11.9. The van der Waals surface area contributed by atoms with Gasteiger partial charge in [0.25, 0.3) is 0 Å². The smallest absolute Gasteiger partial charge is 0.242 e. The summed E-state index contributed by atoms with van der Waals surface area (Å²) in [6.07, 6.45) is 2.38. The van der Waals surface area contributed by atoms with Crippen LogP contribution in [-0.2, 0) is 24.6 Å². The van der Waals surface area contributed by atoms with E-state index in [-0.39, 0.29) is 22.0 Å². The molecule has 4 rings (SSSR count). The number of hydrogen-bond donors (Lipinski definition) is 0. The Labute approximate surface area is 239 Å². The van der Waals surface area contributed by atoms with Crippen LogP contribution < -0.4 is 4.90 Å². The van der Waals surface area contributed by atoms with Crippen LogP contribution >= 0.6 is 0 Å². The summed E-state index contributed by atoms with van der Waals surface area (Å²) in [4.78, 5) is 4.71. The highest BCUT2D eigenvalue weighted by Gasteiger charge is 2.32. The Hall–Kier alpha value is -2.49. The zero-order valence-electron chi connectivity index (χ0n) is 23.9. The van der Waals surface area contributed by atoms with Crippen molar-refractivity contribution in [3.63, 3.8) is 0 Å². The van der Waals surface area contributed by atoms with Crippen molar-refractivity contribution in [3.05, 3.63) is 53.6 Å². The first-order valence-corrected chi connectivity index (χ1v) is 16.8. The van der Waals surface area contributed by atoms with Gasteiger partial charge in [0.1, 0.15) is 6.07 Å². The first-order valence-electron chi connectivity index (χ1n) is 13.8. The fourth-order valence-corrected chi connectivity index (χ4v) is 8.20. The van der Waals surface area contributed by atoms with Gasteiger partial charge in [0.05, 0.1) is 38.5 Å². The Bertz CT molecular complexity index is 1430. The number of hydrogen-bond acceptors (Lipinski definition) is 8. The summed E-state index contributed by atoms with van der Waals surface area (Å²) in [7, 11) is -4.68. The maximum Gasteiger partial charge on any atom is 0.242 e. The number of nitriles is 1. The fourth-order valence-electron chi connectivity index (χ4n) is 5.85. The van der Waals surface area contributed by atoms with Crippen molar-refractivity contribution in [1.82, 2.24) is 9.21 Å². The molecule has 9 nitrogen and oxygen atoms in total. The fraction of sp³-hybridized carbons (Fsp3) is 0.552. The summed E-state index contributed by atoms with van der Waals surface area (Å²) in [6, 6.07) is 12.8.